The number of halogens is 1. The van der Waals surface area contributed by atoms with Gasteiger partial charge < -0.3 is 0 Å². The third-order valence-corrected chi connectivity index (χ3v) is 6.33. The highest BCUT2D eigenvalue weighted by Gasteiger charge is 2.22. The van der Waals surface area contributed by atoms with Gasteiger partial charge in [-0.1, -0.05) is 41.9 Å². The fourth-order valence-electron chi connectivity index (χ4n) is 3.11. The van der Waals surface area contributed by atoms with Gasteiger partial charge in [-0.3, -0.25) is 4.90 Å². The van der Waals surface area contributed by atoms with Gasteiger partial charge in [-0.05, 0) is 61.7 Å². The summed E-state index contributed by atoms with van der Waals surface area (Å²) in [4.78, 5) is 2.69. The number of piperidine rings is 1. The number of hydrogen-bond acceptors (Lipinski definition) is 3. The maximum Gasteiger partial charge on any atom is 0.240 e. The van der Waals surface area contributed by atoms with Crippen molar-refractivity contribution in [3.05, 3.63) is 65.2 Å². The lowest BCUT2D eigenvalue weighted by Crippen LogP contribution is -2.38. The number of rotatable bonds is 6. The number of benzene rings is 2. The van der Waals surface area contributed by atoms with E-state index in [0.29, 0.717) is 17.5 Å². The van der Waals surface area contributed by atoms with E-state index in [1.54, 1.807) is 12.1 Å². The van der Waals surface area contributed by atoms with E-state index in [9.17, 15) is 8.42 Å². The second kappa shape index (κ2) is 8.32. The number of nitrogens with zero attached hydrogens (tertiary/aromatic N) is 1. The van der Waals surface area contributed by atoms with Crippen molar-refractivity contribution in [2.75, 3.05) is 19.6 Å². The Bertz CT molecular complexity index is 771. The Labute approximate surface area is 154 Å². The summed E-state index contributed by atoms with van der Waals surface area (Å²) in [5, 5.41) is 0.532. The molecule has 0 aromatic heterocycles. The monoisotopic (exact) mass is 378 g/mol. The fourth-order valence-corrected chi connectivity index (χ4v) is 4.36. The van der Waals surface area contributed by atoms with Crippen molar-refractivity contribution < 1.29 is 8.42 Å². The zero-order valence-electron chi connectivity index (χ0n) is 14.1. The molecule has 4 nitrogen and oxygen atoms in total. The molecule has 6 heteroatoms. The maximum absolute atomic E-state index is 12.3. The van der Waals surface area contributed by atoms with Gasteiger partial charge in [-0.2, -0.15) is 0 Å². The normalized spacial score (nSPS) is 16.8. The molecule has 0 aliphatic carbocycles. The third-order valence-electron chi connectivity index (χ3n) is 4.64. The summed E-state index contributed by atoms with van der Waals surface area (Å²) in [5.74, 6) is 0.383. The molecule has 1 fully saturated rings. The van der Waals surface area contributed by atoms with Gasteiger partial charge in [0.1, 0.15) is 0 Å². The molecule has 3 rings (SSSR count). The second-order valence-corrected chi connectivity index (χ2v) is 8.71. The van der Waals surface area contributed by atoms with Gasteiger partial charge in [-0.25, -0.2) is 13.1 Å². The van der Waals surface area contributed by atoms with Crippen molar-refractivity contribution in [3.8, 4) is 0 Å². The molecule has 0 unspecified atom stereocenters. The molecule has 0 radical (unpaired) electrons. The summed E-state index contributed by atoms with van der Waals surface area (Å²) < 4.78 is 27.4. The Balaban J connectivity index is 1.47. The summed E-state index contributed by atoms with van der Waals surface area (Å²) in [5.41, 5.74) is 1.32. The Morgan fingerprint density at radius 3 is 2.28 bits per heavy atom. The van der Waals surface area contributed by atoms with Gasteiger partial charge in [0.25, 0.3) is 0 Å². The van der Waals surface area contributed by atoms with Crippen LogP contribution in [0.15, 0.2) is 59.5 Å². The molecule has 0 amide bonds. The quantitative estimate of drug-likeness (QED) is 0.836. The van der Waals surface area contributed by atoms with E-state index in [4.69, 9.17) is 11.6 Å². The molecule has 1 N–H and O–H groups in total. The third kappa shape index (κ3) is 5.28. The molecule has 25 heavy (non-hydrogen) atoms. The largest absolute Gasteiger partial charge is 0.299 e. The van der Waals surface area contributed by atoms with Gasteiger partial charge in [0.15, 0.2) is 0 Å². The second-order valence-electron chi connectivity index (χ2n) is 6.51. The zero-order chi connectivity index (χ0) is 17.7. The van der Waals surface area contributed by atoms with Gasteiger partial charge in [0, 0.05) is 18.1 Å². The molecular weight excluding hydrogens is 356 g/mol. The predicted octanol–water partition coefficient (Wildman–Crippen LogP) is 3.53. The fraction of sp³-hybridized carbons (Fsp3) is 0.368. The van der Waals surface area contributed by atoms with Crippen LogP contribution in [0.5, 0.6) is 0 Å². The summed E-state index contributed by atoms with van der Waals surface area (Å²) in [6.07, 6.45) is 2.02. The molecule has 1 aliphatic rings. The van der Waals surface area contributed by atoms with Crippen LogP contribution in [0.3, 0.4) is 0 Å². The first-order chi connectivity index (χ1) is 12.0. The zero-order valence-corrected chi connectivity index (χ0v) is 15.6. The van der Waals surface area contributed by atoms with Crippen LogP contribution in [0, 0.1) is 5.92 Å². The van der Waals surface area contributed by atoms with Crippen molar-refractivity contribution in [1.29, 1.82) is 0 Å². The lowest BCUT2D eigenvalue weighted by Gasteiger charge is -2.32. The highest BCUT2D eigenvalue weighted by atomic mass is 35.5. The minimum atomic E-state index is -3.46. The Hall–Kier alpha value is -1.40. The molecule has 1 aliphatic heterocycles. The summed E-state index contributed by atoms with van der Waals surface area (Å²) in [7, 11) is -3.46. The molecule has 2 aromatic carbocycles. The maximum atomic E-state index is 12.3. The average molecular weight is 379 g/mol. The van der Waals surface area contributed by atoms with Crippen LogP contribution in [0.25, 0.3) is 0 Å². The van der Waals surface area contributed by atoms with Crippen molar-refractivity contribution >= 4 is 21.6 Å². The van der Waals surface area contributed by atoms with Gasteiger partial charge >= 0.3 is 0 Å². The Morgan fingerprint density at radius 1 is 1.00 bits per heavy atom. The molecule has 1 saturated heterocycles. The molecular formula is C19H23ClN2O2S. The SMILES string of the molecule is O=S(=O)(NCC1CCN(Cc2ccccc2)CC1)c1ccc(Cl)cc1. The van der Waals surface area contributed by atoms with Crippen LogP contribution in [0.2, 0.25) is 5.02 Å². The van der Waals surface area contributed by atoms with Gasteiger partial charge in [0.2, 0.25) is 10.0 Å². The molecule has 0 bridgehead atoms. The number of hydrogen-bond donors (Lipinski definition) is 1. The van der Waals surface area contributed by atoms with Crippen LogP contribution in [-0.4, -0.2) is 33.0 Å². The Kier molecular flexibility index (Phi) is 6.12. The minimum Gasteiger partial charge on any atom is -0.299 e. The van der Waals surface area contributed by atoms with E-state index < -0.39 is 10.0 Å². The first-order valence-corrected chi connectivity index (χ1v) is 10.4. The number of nitrogens with one attached hydrogen (secondary N) is 1. The van der Waals surface area contributed by atoms with E-state index in [1.807, 2.05) is 6.07 Å². The minimum absolute atomic E-state index is 0.262. The topological polar surface area (TPSA) is 49.4 Å². The van der Waals surface area contributed by atoms with Gasteiger partial charge in [0.05, 0.1) is 4.90 Å². The lowest BCUT2D eigenvalue weighted by atomic mass is 9.97. The van der Waals surface area contributed by atoms with E-state index in [2.05, 4.69) is 33.9 Å². The molecule has 1 heterocycles. The van der Waals surface area contributed by atoms with Crippen LogP contribution >= 0.6 is 11.6 Å². The highest BCUT2D eigenvalue weighted by Crippen LogP contribution is 2.20. The van der Waals surface area contributed by atoms with Crippen molar-refractivity contribution in [2.24, 2.45) is 5.92 Å². The lowest BCUT2D eigenvalue weighted by molar-refractivity contribution is 0.178. The first-order valence-electron chi connectivity index (χ1n) is 8.54. The standard InChI is InChI=1S/C19H23ClN2O2S/c20-18-6-8-19(9-7-18)25(23,24)21-14-16-10-12-22(13-11-16)15-17-4-2-1-3-5-17/h1-9,16,21H,10-15H2. The Morgan fingerprint density at radius 2 is 1.64 bits per heavy atom. The van der Waals surface area contributed by atoms with E-state index >= 15 is 0 Å². The molecule has 0 saturated carbocycles. The molecule has 0 atom stereocenters. The average Bonchev–Trinajstić information content (AvgIpc) is 2.62. The summed E-state index contributed by atoms with van der Waals surface area (Å²) >= 11 is 5.81. The van der Waals surface area contributed by atoms with Crippen molar-refractivity contribution in [2.45, 2.75) is 24.3 Å². The van der Waals surface area contributed by atoms with Gasteiger partial charge in [-0.15, -0.1) is 0 Å². The smallest absolute Gasteiger partial charge is 0.240 e. The molecule has 0 spiro atoms. The van der Waals surface area contributed by atoms with Crippen LogP contribution in [0.1, 0.15) is 18.4 Å². The van der Waals surface area contributed by atoms with Crippen molar-refractivity contribution in [1.82, 2.24) is 9.62 Å². The van der Waals surface area contributed by atoms with Crippen molar-refractivity contribution in [3.63, 3.8) is 0 Å². The highest BCUT2D eigenvalue weighted by molar-refractivity contribution is 7.89. The van der Waals surface area contributed by atoms with Crippen LogP contribution < -0.4 is 4.72 Å². The van der Waals surface area contributed by atoms with Crippen LogP contribution in [0.4, 0.5) is 0 Å². The predicted molar refractivity (Wildman–Crippen MR) is 101 cm³/mol. The van der Waals surface area contributed by atoms with E-state index in [-0.39, 0.29) is 4.90 Å². The number of likely N-dealkylation sites (tertiary alicyclic amines) is 1. The van der Waals surface area contributed by atoms with E-state index in [0.717, 1.165) is 32.5 Å². The van der Waals surface area contributed by atoms with Crippen LogP contribution in [-0.2, 0) is 16.6 Å². The van der Waals surface area contributed by atoms with E-state index in [1.165, 1.54) is 17.7 Å². The molecule has 134 valence electrons. The first kappa shape index (κ1) is 18.4. The number of sulfonamides is 1. The molecule has 2 aromatic rings. The summed E-state index contributed by atoms with van der Waals surface area (Å²) in [6, 6.07) is 16.7. The summed E-state index contributed by atoms with van der Waals surface area (Å²) in [6.45, 7) is 3.46.